The van der Waals surface area contributed by atoms with Crippen molar-refractivity contribution in [1.82, 2.24) is 15.0 Å². The quantitative estimate of drug-likeness (QED) is 0.171. The molecule has 0 aliphatic heterocycles. The number of aromatic nitrogens is 3. The van der Waals surface area contributed by atoms with Gasteiger partial charge in [-0.3, -0.25) is 0 Å². The summed E-state index contributed by atoms with van der Waals surface area (Å²) in [5.74, 6) is 0.607. The number of benzene rings is 8. The maximum Gasteiger partial charge on any atom is 0.164 e. The Morgan fingerprint density at radius 2 is 0.964 bits per heavy atom. The number of nitrogens with zero attached hydrogens (tertiary/aromatic N) is 3. The molecule has 5 heteroatoms. The van der Waals surface area contributed by atoms with Crippen molar-refractivity contribution in [2.75, 3.05) is 0 Å². The number of fused-ring (bicyclic) bond motifs is 6. The van der Waals surface area contributed by atoms with Gasteiger partial charge >= 0.3 is 0 Å². The minimum atomic E-state index is -0.371. The van der Waals surface area contributed by atoms with E-state index in [0.717, 1.165) is 33.0 Å². The van der Waals surface area contributed by atoms with Crippen molar-refractivity contribution in [3.8, 4) is 67.5 Å². The molecule has 0 saturated carbocycles. The van der Waals surface area contributed by atoms with Crippen LogP contribution in [-0.2, 0) is 0 Å². The summed E-state index contributed by atoms with van der Waals surface area (Å²) in [6, 6.07) is 46.8. The van der Waals surface area contributed by atoms with Gasteiger partial charge in [-0.05, 0) is 64.2 Å². The van der Waals surface area contributed by atoms with E-state index >= 15 is 0 Å². The number of furan rings is 2. The topological polar surface area (TPSA) is 65.0 Å². The van der Waals surface area contributed by atoms with E-state index in [0.29, 0.717) is 39.5 Å². The van der Waals surface area contributed by atoms with E-state index < -0.39 is 0 Å². The molecule has 5 nitrogen and oxygen atoms in total. The Morgan fingerprint density at radius 1 is 0.357 bits per heavy atom. The van der Waals surface area contributed by atoms with E-state index in [1.165, 1.54) is 0 Å². The van der Waals surface area contributed by atoms with Gasteiger partial charge in [-0.1, -0.05) is 152 Å². The summed E-state index contributed by atoms with van der Waals surface area (Å²) in [7, 11) is 0. The average molecular weight is 724 g/mol. The zero-order valence-corrected chi connectivity index (χ0v) is 29.6. The average Bonchev–Trinajstić information content (AvgIpc) is 3.90. The van der Waals surface area contributed by atoms with Crippen molar-refractivity contribution in [3.63, 3.8) is 0 Å². The molecule has 3 aromatic heterocycles. The van der Waals surface area contributed by atoms with Crippen LogP contribution in [0.1, 0.15) is 8.22 Å². The van der Waals surface area contributed by atoms with Crippen molar-refractivity contribution < 1.29 is 17.1 Å². The highest BCUT2D eigenvalue weighted by atomic mass is 16.3. The predicted molar refractivity (Wildman–Crippen MR) is 227 cm³/mol. The van der Waals surface area contributed by atoms with Crippen molar-refractivity contribution >= 4 is 43.9 Å². The van der Waals surface area contributed by atoms with Gasteiger partial charge in [0.25, 0.3) is 0 Å². The minimum Gasteiger partial charge on any atom is -0.456 e. The first-order chi connectivity index (χ1) is 30.2. The highest BCUT2D eigenvalue weighted by Gasteiger charge is 2.18. The van der Waals surface area contributed by atoms with Crippen LogP contribution in [0.2, 0.25) is 0 Å². The highest BCUT2D eigenvalue weighted by molar-refractivity contribution is 6.11. The summed E-state index contributed by atoms with van der Waals surface area (Å²) in [6.45, 7) is 0. The lowest BCUT2D eigenvalue weighted by atomic mass is 10.0. The first-order valence-electron chi connectivity index (χ1n) is 21.2. The molecule has 0 aliphatic carbocycles. The van der Waals surface area contributed by atoms with E-state index in [9.17, 15) is 4.11 Å². The molecule has 11 aromatic rings. The fourth-order valence-corrected chi connectivity index (χ4v) is 7.27. The molecule has 0 aliphatic rings. The molecule has 11 rings (SSSR count). The number of rotatable bonds is 6. The Balaban J connectivity index is 1.13. The van der Waals surface area contributed by atoms with Crippen LogP contribution in [0.15, 0.2) is 197 Å². The van der Waals surface area contributed by atoms with Crippen LogP contribution in [0.3, 0.4) is 0 Å². The molecule has 0 atom stereocenters. The van der Waals surface area contributed by atoms with Gasteiger partial charge in [0.2, 0.25) is 0 Å². The minimum absolute atomic E-state index is 0.00266. The monoisotopic (exact) mass is 723 g/mol. The van der Waals surface area contributed by atoms with Crippen LogP contribution < -0.4 is 0 Å². The number of hydrogen-bond donors (Lipinski definition) is 0. The third kappa shape index (κ3) is 5.53. The maximum absolute atomic E-state index is 9.62. The smallest absolute Gasteiger partial charge is 0.164 e. The molecular formula is C51H31N3O2. The highest BCUT2D eigenvalue weighted by Crippen LogP contribution is 2.39. The van der Waals surface area contributed by atoms with Crippen LogP contribution >= 0.6 is 0 Å². The van der Waals surface area contributed by atoms with Crippen LogP contribution in [-0.4, -0.2) is 15.0 Å². The van der Waals surface area contributed by atoms with Gasteiger partial charge in [0.05, 0.1) is 8.22 Å². The van der Waals surface area contributed by atoms with E-state index in [1.807, 2.05) is 146 Å². The Labute approximate surface area is 330 Å². The predicted octanol–water partition coefficient (Wildman–Crippen LogP) is 13.7. The number of para-hydroxylation sites is 2. The molecule has 0 fully saturated rings. The molecule has 0 amide bonds. The Kier molecular flexibility index (Phi) is 6.10. The molecular weight excluding hydrogens is 687 g/mol. The number of hydrogen-bond acceptors (Lipinski definition) is 5. The largest absolute Gasteiger partial charge is 0.456 e. The summed E-state index contributed by atoms with van der Waals surface area (Å²) >= 11 is 0. The fourth-order valence-electron chi connectivity index (χ4n) is 7.27. The van der Waals surface area contributed by atoms with Gasteiger partial charge in [-0.25, -0.2) is 15.0 Å². The summed E-state index contributed by atoms with van der Waals surface area (Å²) < 4.78 is 68.0. The lowest BCUT2D eigenvalue weighted by Gasteiger charge is -2.10. The molecule has 0 N–H and O–H groups in total. The molecule has 0 unspecified atom stereocenters. The van der Waals surface area contributed by atoms with Gasteiger partial charge in [0, 0.05) is 43.8 Å². The van der Waals surface area contributed by atoms with Crippen LogP contribution in [0.5, 0.6) is 0 Å². The normalized spacial score (nSPS) is 13.1. The lowest BCUT2D eigenvalue weighted by molar-refractivity contribution is 0.668. The van der Waals surface area contributed by atoms with E-state index in [1.54, 1.807) is 6.07 Å². The summed E-state index contributed by atoms with van der Waals surface area (Å²) in [5.41, 5.74) is 7.30. The molecule has 0 saturated heterocycles. The lowest BCUT2D eigenvalue weighted by Crippen LogP contribution is -2.00. The summed E-state index contributed by atoms with van der Waals surface area (Å²) in [4.78, 5) is 14.7. The van der Waals surface area contributed by atoms with Gasteiger partial charge in [-0.2, -0.15) is 0 Å². The second-order valence-electron chi connectivity index (χ2n) is 13.5. The van der Waals surface area contributed by atoms with Gasteiger partial charge in [-0.15, -0.1) is 0 Å². The van der Waals surface area contributed by atoms with Gasteiger partial charge in [0.1, 0.15) is 22.3 Å². The Morgan fingerprint density at radius 3 is 1.77 bits per heavy atom. The van der Waals surface area contributed by atoms with Crippen molar-refractivity contribution in [2.24, 2.45) is 0 Å². The SMILES string of the molecule is [2H]c1c([2H])c([2H])c2c(oc3c([2H])c(-c4nc(-c5ccc(-c6ccccc6)cc5)nc(-c5cccc(-c6ccccc6)c5)n4)c([2H])c([2H])c32)c1-c1ccc2c(c1)oc1ccccc12. The van der Waals surface area contributed by atoms with Crippen LogP contribution in [0.25, 0.3) is 111 Å². The molecule has 56 heavy (non-hydrogen) atoms. The standard InChI is InChI=1S/C51H31N3O2/c1-3-11-32(12-4-1)34-21-23-35(24-22-34)49-52-50(38-16-9-15-36(29-38)33-13-5-2-6-14-33)54-51(53-49)39-26-28-43-44-19-10-18-40(48(44)56-47(43)31-39)37-25-27-42-41-17-7-8-20-45(41)55-46(42)30-37/h1-31H/i10D,18D,19D,26D,28D,31D. The van der Waals surface area contributed by atoms with Crippen LogP contribution in [0, 0.1) is 0 Å². The second kappa shape index (κ2) is 13.0. The van der Waals surface area contributed by atoms with E-state index in [-0.39, 0.29) is 75.1 Å². The second-order valence-corrected chi connectivity index (χ2v) is 13.5. The van der Waals surface area contributed by atoms with Gasteiger partial charge in [0.15, 0.2) is 17.5 Å². The van der Waals surface area contributed by atoms with E-state index in [2.05, 4.69) is 0 Å². The molecule has 0 spiro atoms. The molecule has 3 heterocycles. The first-order valence-corrected chi connectivity index (χ1v) is 18.2. The third-order valence-corrected chi connectivity index (χ3v) is 10.1. The zero-order chi connectivity index (χ0) is 42.2. The maximum atomic E-state index is 9.62. The Bertz CT molecular complexity index is 3590. The van der Waals surface area contributed by atoms with Crippen molar-refractivity contribution in [1.29, 1.82) is 0 Å². The fraction of sp³-hybridized carbons (Fsp3) is 0. The Hall–Kier alpha value is -7.63. The summed E-state index contributed by atoms with van der Waals surface area (Å²) in [6.07, 6.45) is 0. The van der Waals surface area contributed by atoms with Crippen molar-refractivity contribution in [3.05, 3.63) is 188 Å². The summed E-state index contributed by atoms with van der Waals surface area (Å²) in [5, 5.41) is 1.92. The third-order valence-electron chi connectivity index (χ3n) is 10.1. The van der Waals surface area contributed by atoms with Crippen molar-refractivity contribution in [2.45, 2.75) is 0 Å². The first kappa shape index (κ1) is 26.2. The van der Waals surface area contributed by atoms with E-state index in [4.69, 9.17) is 27.9 Å². The molecule has 0 bridgehead atoms. The molecule has 0 radical (unpaired) electrons. The van der Waals surface area contributed by atoms with Crippen LogP contribution in [0.4, 0.5) is 0 Å². The zero-order valence-electron chi connectivity index (χ0n) is 35.6. The van der Waals surface area contributed by atoms with Gasteiger partial charge < -0.3 is 8.83 Å². The molecule has 8 aromatic carbocycles. The molecule has 262 valence electrons.